The van der Waals surface area contributed by atoms with Crippen molar-refractivity contribution in [2.24, 2.45) is 4.99 Å². The van der Waals surface area contributed by atoms with Gasteiger partial charge in [0.1, 0.15) is 5.75 Å². The first-order valence-electron chi connectivity index (χ1n) is 10.5. The standard InChI is InChI=1S/C23H28N2O4S3/c1-3-29-19-11-12-20-21(16-19)31-23(25(20)13-14-30-2)24-22(26)10-7-15-32(27,28)17-18-8-5-4-6-9-18/h4-6,8-9,11-12,16H,3,7,10,13-15,17H2,1-2H3. The minimum atomic E-state index is -3.27. The molecular weight excluding hydrogens is 464 g/mol. The third-order valence-corrected chi connectivity index (χ3v) is 8.10. The van der Waals surface area contributed by atoms with Crippen LogP contribution in [0, 0.1) is 0 Å². The molecule has 1 aromatic heterocycles. The van der Waals surface area contributed by atoms with Crippen LogP contribution in [0.25, 0.3) is 10.2 Å². The van der Waals surface area contributed by atoms with Gasteiger partial charge >= 0.3 is 0 Å². The molecule has 0 N–H and O–H groups in total. The highest BCUT2D eigenvalue weighted by Gasteiger charge is 2.14. The van der Waals surface area contributed by atoms with Gasteiger partial charge in [-0.3, -0.25) is 4.79 Å². The van der Waals surface area contributed by atoms with E-state index in [2.05, 4.69) is 9.56 Å². The van der Waals surface area contributed by atoms with Gasteiger partial charge in [-0.2, -0.15) is 16.8 Å². The van der Waals surface area contributed by atoms with Crippen molar-refractivity contribution in [3.63, 3.8) is 0 Å². The fourth-order valence-electron chi connectivity index (χ4n) is 3.30. The molecule has 0 saturated heterocycles. The van der Waals surface area contributed by atoms with Crippen LogP contribution in [0.2, 0.25) is 0 Å². The second-order valence-corrected chi connectivity index (χ2v) is 11.5. The Labute approximate surface area is 197 Å². The van der Waals surface area contributed by atoms with Crippen LogP contribution in [0.4, 0.5) is 0 Å². The number of benzene rings is 2. The SMILES string of the molecule is CCOc1ccc2c(c1)sc(=NC(=O)CCCS(=O)(=O)Cc1ccccc1)n2CCSC. The summed E-state index contributed by atoms with van der Waals surface area (Å²) < 4.78 is 33.4. The molecule has 0 atom stereocenters. The second-order valence-electron chi connectivity index (χ2n) is 7.28. The molecule has 3 aromatic rings. The number of thiazole rings is 1. The molecule has 9 heteroatoms. The molecule has 0 spiro atoms. The Morgan fingerprint density at radius 1 is 1.19 bits per heavy atom. The highest BCUT2D eigenvalue weighted by atomic mass is 32.2. The van der Waals surface area contributed by atoms with Gasteiger partial charge in [0.15, 0.2) is 14.6 Å². The van der Waals surface area contributed by atoms with Crippen molar-refractivity contribution in [1.29, 1.82) is 0 Å². The van der Waals surface area contributed by atoms with Gasteiger partial charge in [-0.1, -0.05) is 41.7 Å². The minimum absolute atomic E-state index is 0.00760. The zero-order valence-corrected chi connectivity index (χ0v) is 20.8. The van der Waals surface area contributed by atoms with Gasteiger partial charge in [0.05, 0.1) is 28.3 Å². The van der Waals surface area contributed by atoms with Crippen LogP contribution in [0.15, 0.2) is 53.5 Å². The van der Waals surface area contributed by atoms with Crippen molar-refractivity contribution in [3.8, 4) is 5.75 Å². The largest absolute Gasteiger partial charge is 0.494 e. The average molecular weight is 493 g/mol. The average Bonchev–Trinajstić information content (AvgIpc) is 3.08. The lowest BCUT2D eigenvalue weighted by molar-refractivity contribution is -0.118. The van der Waals surface area contributed by atoms with Gasteiger partial charge in [0.2, 0.25) is 5.91 Å². The van der Waals surface area contributed by atoms with Crippen LogP contribution in [0.3, 0.4) is 0 Å². The summed E-state index contributed by atoms with van der Waals surface area (Å²) in [7, 11) is -3.27. The quantitative estimate of drug-likeness (QED) is 0.399. The molecule has 0 aliphatic carbocycles. The number of fused-ring (bicyclic) bond motifs is 1. The maximum atomic E-state index is 12.5. The second kappa shape index (κ2) is 11.7. The van der Waals surface area contributed by atoms with Crippen molar-refractivity contribution in [1.82, 2.24) is 4.57 Å². The Balaban J connectivity index is 1.71. The molecule has 32 heavy (non-hydrogen) atoms. The highest BCUT2D eigenvalue weighted by molar-refractivity contribution is 7.98. The summed E-state index contributed by atoms with van der Waals surface area (Å²) in [6.07, 6.45) is 2.41. The van der Waals surface area contributed by atoms with Crippen molar-refractivity contribution in [3.05, 3.63) is 58.9 Å². The molecular formula is C23H28N2O4S3. The molecule has 0 fully saturated rings. The number of amides is 1. The van der Waals surface area contributed by atoms with E-state index in [1.807, 2.05) is 49.6 Å². The molecule has 0 aliphatic heterocycles. The molecule has 0 bridgehead atoms. The highest BCUT2D eigenvalue weighted by Crippen LogP contribution is 2.23. The number of hydrogen-bond donors (Lipinski definition) is 0. The Morgan fingerprint density at radius 3 is 2.69 bits per heavy atom. The number of thioether (sulfide) groups is 1. The molecule has 2 aromatic carbocycles. The van der Waals surface area contributed by atoms with Crippen molar-refractivity contribution >= 4 is 49.1 Å². The van der Waals surface area contributed by atoms with Gasteiger partial charge in [0.25, 0.3) is 0 Å². The van der Waals surface area contributed by atoms with E-state index in [9.17, 15) is 13.2 Å². The first-order chi connectivity index (χ1) is 15.4. The van der Waals surface area contributed by atoms with Crippen molar-refractivity contribution in [2.45, 2.75) is 32.1 Å². The molecule has 0 aliphatic rings. The number of ether oxygens (including phenoxy) is 1. The minimum Gasteiger partial charge on any atom is -0.494 e. The Kier molecular flexibility index (Phi) is 8.95. The summed E-state index contributed by atoms with van der Waals surface area (Å²) in [5, 5.41) is 0. The lowest BCUT2D eigenvalue weighted by atomic mass is 10.2. The third kappa shape index (κ3) is 6.95. The summed E-state index contributed by atoms with van der Waals surface area (Å²) in [6, 6.07) is 15.0. The predicted molar refractivity (Wildman–Crippen MR) is 133 cm³/mol. The number of rotatable bonds is 11. The Morgan fingerprint density at radius 2 is 1.97 bits per heavy atom. The smallest absolute Gasteiger partial charge is 0.248 e. The third-order valence-electron chi connectivity index (χ3n) is 4.78. The maximum Gasteiger partial charge on any atom is 0.248 e. The first-order valence-corrected chi connectivity index (χ1v) is 14.5. The van der Waals surface area contributed by atoms with Crippen LogP contribution in [0.5, 0.6) is 5.75 Å². The van der Waals surface area contributed by atoms with Crippen LogP contribution in [-0.2, 0) is 26.9 Å². The number of carbonyl (C=O) groups is 1. The van der Waals surface area contributed by atoms with Crippen LogP contribution in [0.1, 0.15) is 25.3 Å². The van der Waals surface area contributed by atoms with E-state index < -0.39 is 9.84 Å². The van der Waals surface area contributed by atoms with Gasteiger partial charge < -0.3 is 9.30 Å². The maximum absolute atomic E-state index is 12.5. The predicted octanol–water partition coefficient (Wildman–Crippen LogP) is 4.29. The number of sulfone groups is 1. The Hall–Kier alpha value is -2.10. The fraction of sp³-hybridized carbons (Fsp3) is 0.391. The molecule has 1 heterocycles. The molecule has 0 saturated carbocycles. The lowest BCUT2D eigenvalue weighted by Crippen LogP contribution is -2.18. The summed E-state index contributed by atoms with van der Waals surface area (Å²) in [4.78, 5) is 17.5. The van der Waals surface area contributed by atoms with E-state index in [1.54, 1.807) is 23.9 Å². The van der Waals surface area contributed by atoms with E-state index in [1.165, 1.54) is 11.3 Å². The summed E-state index contributed by atoms with van der Waals surface area (Å²) in [5.41, 5.74) is 1.78. The van der Waals surface area contributed by atoms with Crippen LogP contribution >= 0.6 is 23.1 Å². The van der Waals surface area contributed by atoms with E-state index in [0.717, 1.165) is 33.8 Å². The molecule has 6 nitrogen and oxygen atoms in total. The Bertz CT molecular complexity index is 1220. The van der Waals surface area contributed by atoms with E-state index >= 15 is 0 Å². The number of aryl methyl sites for hydroxylation is 1. The number of hydrogen-bond acceptors (Lipinski definition) is 6. The summed E-state index contributed by atoms with van der Waals surface area (Å²) in [5.74, 6) is 1.36. The topological polar surface area (TPSA) is 77.7 Å². The number of nitrogens with zero attached hydrogens (tertiary/aromatic N) is 2. The van der Waals surface area contributed by atoms with Gasteiger partial charge in [-0.05, 0) is 43.4 Å². The summed E-state index contributed by atoms with van der Waals surface area (Å²) >= 11 is 3.18. The number of aromatic nitrogens is 1. The number of carbonyl (C=O) groups excluding carboxylic acids is 1. The van der Waals surface area contributed by atoms with Gasteiger partial charge in [-0.15, -0.1) is 0 Å². The molecule has 1 amide bonds. The molecule has 3 rings (SSSR count). The molecule has 0 unspecified atom stereocenters. The van der Waals surface area contributed by atoms with Crippen LogP contribution < -0.4 is 9.54 Å². The zero-order valence-electron chi connectivity index (χ0n) is 18.3. The van der Waals surface area contributed by atoms with E-state index in [4.69, 9.17) is 4.74 Å². The molecule has 172 valence electrons. The lowest BCUT2D eigenvalue weighted by Gasteiger charge is -2.05. The zero-order chi connectivity index (χ0) is 23.0. The normalized spacial score (nSPS) is 12.4. The molecule has 0 radical (unpaired) electrons. The van der Waals surface area contributed by atoms with E-state index in [0.29, 0.717) is 11.4 Å². The van der Waals surface area contributed by atoms with Gasteiger partial charge in [-0.25, -0.2) is 8.42 Å². The monoisotopic (exact) mass is 492 g/mol. The van der Waals surface area contributed by atoms with Crippen molar-refractivity contribution < 1.29 is 17.9 Å². The first kappa shape index (κ1) is 24.5. The van der Waals surface area contributed by atoms with Crippen molar-refractivity contribution in [2.75, 3.05) is 24.4 Å². The van der Waals surface area contributed by atoms with Gasteiger partial charge in [0, 0.05) is 18.7 Å². The van der Waals surface area contributed by atoms with Crippen LogP contribution in [-0.4, -0.2) is 43.3 Å². The summed E-state index contributed by atoms with van der Waals surface area (Å²) in [6.45, 7) is 3.27. The fourth-order valence-corrected chi connectivity index (χ4v) is 6.20. The van der Waals surface area contributed by atoms with E-state index in [-0.39, 0.29) is 30.3 Å².